The van der Waals surface area contributed by atoms with Crippen molar-refractivity contribution in [2.45, 2.75) is 37.1 Å². The number of ether oxygens (including phenoxy) is 1. The Kier molecular flexibility index (Phi) is 9.28. The monoisotopic (exact) mass is 496 g/mol. The van der Waals surface area contributed by atoms with Crippen molar-refractivity contribution in [3.05, 3.63) is 29.8 Å². The molecule has 1 saturated carbocycles. The molecule has 0 aliphatic heterocycles. The Labute approximate surface area is 173 Å². The molecule has 9 heteroatoms. The Bertz CT molecular complexity index is 688. The second kappa shape index (κ2) is 10.4. The number of hydrogen-bond donors (Lipinski definition) is 3. The van der Waals surface area contributed by atoms with Crippen LogP contribution in [0, 0.1) is 5.41 Å². The Morgan fingerprint density at radius 3 is 2.38 bits per heavy atom. The number of hydrogen-bond acceptors (Lipinski definition) is 4. The van der Waals surface area contributed by atoms with Crippen molar-refractivity contribution < 1.29 is 13.2 Å². The first kappa shape index (κ1) is 23.1. The Balaban J connectivity index is 0.00000338. The van der Waals surface area contributed by atoms with Gasteiger partial charge in [0.25, 0.3) is 0 Å². The molecule has 1 aromatic carbocycles. The van der Waals surface area contributed by atoms with Crippen molar-refractivity contribution >= 4 is 40.0 Å². The number of guanidine groups is 1. The van der Waals surface area contributed by atoms with Crippen LogP contribution in [-0.2, 0) is 21.3 Å². The maximum absolute atomic E-state index is 11.3. The maximum atomic E-state index is 11.3. The molecule has 2 rings (SSSR count). The summed E-state index contributed by atoms with van der Waals surface area (Å²) >= 11 is 0. The van der Waals surface area contributed by atoms with Gasteiger partial charge in [0.05, 0.1) is 4.90 Å². The third-order valence-electron chi connectivity index (χ3n) is 4.82. The predicted molar refractivity (Wildman–Crippen MR) is 114 cm³/mol. The molecule has 0 saturated heterocycles. The van der Waals surface area contributed by atoms with Crippen LogP contribution in [0.25, 0.3) is 0 Å². The fourth-order valence-electron chi connectivity index (χ4n) is 2.99. The van der Waals surface area contributed by atoms with Gasteiger partial charge in [-0.25, -0.2) is 13.6 Å². The SMILES string of the molecule is CN=C(NCc1ccc(S(N)(=O)=O)cc1)NCC1(CCOC)CCC1.I. The Hall–Kier alpha value is -0.910. The molecule has 0 spiro atoms. The molecule has 0 amide bonds. The summed E-state index contributed by atoms with van der Waals surface area (Å²) in [5.41, 5.74) is 1.26. The molecule has 7 nitrogen and oxygen atoms in total. The van der Waals surface area contributed by atoms with Crippen LogP contribution in [0.2, 0.25) is 0 Å². The van der Waals surface area contributed by atoms with Gasteiger partial charge >= 0.3 is 0 Å². The van der Waals surface area contributed by atoms with Crippen molar-refractivity contribution in [1.82, 2.24) is 10.6 Å². The molecule has 0 radical (unpaired) electrons. The first-order chi connectivity index (χ1) is 11.9. The van der Waals surface area contributed by atoms with Crippen LogP contribution >= 0.6 is 24.0 Å². The van der Waals surface area contributed by atoms with Gasteiger partial charge in [-0.3, -0.25) is 4.99 Å². The number of nitrogens with one attached hydrogen (secondary N) is 2. The number of halogens is 1. The van der Waals surface area contributed by atoms with Crippen LogP contribution in [0.4, 0.5) is 0 Å². The van der Waals surface area contributed by atoms with Crippen molar-refractivity contribution in [3.8, 4) is 0 Å². The van der Waals surface area contributed by atoms with Crippen LogP contribution < -0.4 is 15.8 Å². The van der Waals surface area contributed by atoms with Crippen molar-refractivity contribution in [2.75, 3.05) is 27.3 Å². The minimum absolute atomic E-state index is 0. The highest BCUT2D eigenvalue weighted by molar-refractivity contribution is 14.0. The van der Waals surface area contributed by atoms with Crippen molar-refractivity contribution in [2.24, 2.45) is 15.5 Å². The van der Waals surface area contributed by atoms with E-state index in [-0.39, 0.29) is 28.9 Å². The number of methoxy groups -OCH3 is 1. The van der Waals surface area contributed by atoms with Gasteiger partial charge < -0.3 is 15.4 Å². The number of benzene rings is 1. The zero-order valence-electron chi connectivity index (χ0n) is 15.3. The highest BCUT2D eigenvalue weighted by atomic mass is 127. The normalized spacial score (nSPS) is 16.3. The van der Waals surface area contributed by atoms with E-state index in [9.17, 15) is 8.42 Å². The van der Waals surface area contributed by atoms with Gasteiger partial charge in [-0.15, -0.1) is 24.0 Å². The zero-order valence-corrected chi connectivity index (χ0v) is 18.5. The average molecular weight is 496 g/mol. The molecule has 26 heavy (non-hydrogen) atoms. The summed E-state index contributed by atoms with van der Waals surface area (Å²) in [7, 11) is -0.176. The molecule has 4 N–H and O–H groups in total. The second-order valence-corrected chi connectivity index (χ2v) is 8.13. The highest BCUT2D eigenvalue weighted by Gasteiger charge is 2.36. The zero-order chi connectivity index (χ0) is 18.3. The van der Waals surface area contributed by atoms with Crippen LogP contribution in [0.3, 0.4) is 0 Å². The molecule has 148 valence electrons. The maximum Gasteiger partial charge on any atom is 0.238 e. The number of sulfonamides is 1. The summed E-state index contributed by atoms with van der Waals surface area (Å²) in [5, 5.41) is 11.7. The molecule has 0 bridgehead atoms. The lowest BCUT2D eigenvalue weighted by atomic mass is 9.67. The van der Waals surface area contributed by atoms with Gasteiger partial charge in [-0.2, -0.15) is 0 Å². The molecule has 0 atom stereocenters. The van der Waals surface area contributed by atoms with E-state index < -0.39 is 10.0 Å². The van der Waals surface area contributed by atoms with E-state index in [0.717, 1.165) is 31.1 Å². The van der Waals surface area contributed by atoms with Crippen molar-refractivity contribution in [3.63, 3.8) is 0 Å². The minimum Gasteiger partial charge on any atom is -0.385 e. The van der Waals surface area contributed by atoms with Gasteiger partial charge in [0.2, 0.25) is 10.0 Å². The van der Waals surface area contributed by atoms with Crippen LogP contribution in [-0.4, -0.2) is 41.7 Å². The number of aliphatic imine (C=N–C) groups is 1. The van der Waals surface area contributed by atoms with Gasteiger partial charge in [0.15, 0.2) is 5.96 Å². The van der Waals surface area contributed by atoms with Crippen LogP contribution in [0.15, 0.2) is 34.2 Å². The van der Waals surface area contributed by atoms with Crippen LogP contribution in [0.5, 0.6) is 0 Å². The largest absolute Gasteiger partial charge is 0.385 e. The summed E-state index contributed by atoms with van der Waals surface area (Å²) in [6.07, 6.45) is 4.76. The van der Waals surface area contributed by atoms with E-state index in [1.807, 2.05) is 0 Å². The Morgan fingerprint density at radius 2 is 1.92 bits per heavy atom. The van der Waals surface area contributed by atoms with E-state index in [4.69, 9.17) is 9.88 Å². The molecular weight excluding hydrogens is 467 g/mol. The number of primary sulfonamides is 1. The lowest BCUT2D eigenvalue weighted by molar-refractivity contribution is 0.0732. The summed E-state index contributed by atoms with van der Waals surface area (Å²) in [4.78, 5) is 4.36. The molecular formula is C17H29IN4O3S. The molecule has 0 aromatic heterocycles. The summed E-state index contributed by atoms with van der Waals surface area (Å²) in [5.74, 6) is 0.735. The van der Waals surface area contributed by atoms with Gasteiger partial charge in [-0.05, 0) is 42.4 Å². The lowest BCUT2D eigenvalue weighted by Gasteiger charge is -2.42. The summed E-state index contributed by atoms with van der Waals surface area (Å²) in [6.45, 7) is 2.21. The Morgan fingerprint density at radius 1 is 1.27 bits per heavy atom. The fraction of sp³-hybridized carbons (Fsp3) is 0.588. The standard InChI is InChI=1S/C17H28N4O3S.HI/c1-19-16(21-13-17(8-3-9-17)10-11-24-2)20-12-14-4-6-15(7-5-14)25(18,22)23;/h4-7H,3,8-13H2,1-2H3,(H2,18,22,23)(H2,19,20,21);1H. The lowest BCUT2D eigenvalue weighted by Crippen LogP contribution is -2.46. The van der Waals surface area contributed by atoms with E-state index in [1.54, 1.807) is 26.3 Å². The molecule has 0 unspecified atom stereocenters. The molecule has 0 heterocycles. The predicted octanol–water partition coefficient (Wildman–Crippen LogP) is 1.82. The van der Waals surface area contributed by atoms with Gasteiger partial charge in [0, 0.05) is 33.9 Å². The topological polar surface area (TPSA) is 106 Å². The van der Waals surface area contributed by atoms with Gasteiger partial charge in [-0.1, -0.05) is 18.6 Å². The number of rotatable bonds is 8. The van der Waals surface area contributed by atoms with E-state index in [0.29, 0.717) is 12.0 Å². The first-order valence-corrected chi connectivity index (χ1v) is 9.98. The molecule has 1 fully saturated rings. The van der Waals surface area contributed by atoms with Crippen molar-refractivity contribution in [1.29, 1.82) is 0 Å². The minimum atomic E-state index is -3.65. The molecule has 1 aromatic rings. The second-order valence-electron chi connectivity index (χ2n) is 6.56. The summed E-state index contributed by atoms with van der Waals surface area (Å²) in [6, 6.07) is 6.51. The van der Waals surface area contributed by atoms with E-state index in [2.05, 4.69) is 15.6 Å². The number of nitrogens with zero attached hydrogens (tertiary/aromatic N) is 1. The molecule has 1 aliphatic carbocycles. The number of nitrogens with two attached hydrogens (primary N) is 1. The van der Waals surface area contributed by atoms with Gasteiger partial charge in [0.1, 0.15) is 0 Å². The quantitative estimate of drug-likeness (QED) is 0.289. The fourth-order valence-corrected chi connectivity index (χ4v) is 3.50. The van der Waals surface area contributed by atoms with Crippen LogP contribution in [0.1, 0.15) is 31.2 Å². The third kappa shape index (κ3) is 6.67. The third-order valence-corrected chi connectivity index (χ3v) is 5.75. The smallest absolute Gasteiger partial charge is 0.238 e. The summed E-state index contributed by atoms with van der Waals surface area (Å²) < 4.78 is 27.8. The average Bonchev–Trinajstić information content (AvgIpc) is 2.55. The van der Waals surface area contributed by atoms with E-state index >= 15 is 0 Å². The first-order valence-electron chi connectivity index (χ1n) is 8.44. The van der Waals surface area contributed by atoms with E-state index in [1.165, 1.54) is 31.4 Å². The highest BCUT2D eigenvalue weighted by Crippen LogP contribution is 2.43. The molecule has 1 aliphatic rings.